The average molecular weight is 230 g/mol. The standard InChI is InChI=1S/C12H16F2O2/c1-16-11-6-4-5-10(9-11)12(13,14)7-2-3-8-15/h4-6,9,15H,2-3,7-8H2,1H3. The monoisotopic (exact) mass is 230 g/mol. The van der Waals surface area contributed by atoms with Crippen LogP contribution in [0.1, 0.15) is 24.8 Å². The van der Waals surface area contributed by atoms with Gasteiger partial charge >= 0.3 is 0 Å². The predicted molar refractivity (Wildman–Crippen MR) is 57.8 cm³/mol. The van der Waals surface area contributed by atoms with E-state index in [9.17, 15) is 8.78 Å². The Morgan fingerprint density at radius 2 is 2.06 bits per heavy atom. The number of ether oxygens (including phenoxy) is 1. The molecule has 0 saturated heterocycles. The zero-order chi connectivity index (χ0) is 12.0. The van der Waals surface area contributed by atoms with Gasteiger partial charge in [0.1, 0.15) is 5.75 Å². The Hall–Kier alpha value is -1.16. The molecule has 0 fully saturated rings. The Labute approximate surface area is 93.9 Å². The van der Waals surface area contributed by atoms with Gasteiger partial charge in [-0.05, 0) is 25.0 Å². The van der Waals surface area contributed by atoms with Crippen molar-refractivity contribution in [3.63, 3.8) is 0 Å². The maximum Gasteiger partial charge on any atom is 0.273 e. The summed E-state index contributed by atoms with van der Waals surface area (Å²) in [6.07, 6.45) is 0.459. The number of benzene rings is 1. The molecule has 1 rings (SSSR count). The Bertz CT molecular complexity index is 327. The van der Waals surface area contributed by atoms with Gasteiger partial charge in [-0.15, -0.1) is 0 Å². The van der Waals surface area contributed by atoms with Gasteiger partial charge in [-0.2, -0.15) is 0 Å². The summed E-state index contributed by atoms with van der Waals surface area (Å²) in [6.45, 7) is -0.0474. The average Bonchev–Trinajstić information content (AvgIpc) is 2.29. The highest BCUT2D eigenvalue weighted by molar-refractivity contribution is 5.31. The van der Waals surface area contributed by atoms with Crippen LogP contribution in [0, 0.1) is 0 Å². The molecule has 0 aromatic heterocycles. The quantitative estimate of drug-likeness (QED) is 0.761. The van der Waals surface area contributed by atoms with Gasteiger partial charge in [-0.3, -0.25) is 0 Å². The Balaban J connectivity index is 2.72. The second-order valence-corrected chi connectivity index (χ2v) is 3.62. The third-order valence-electron chi connectivity index (χ3n) is 2.39. The summed E-state index contributed by atoms with van der Waals surface area (Å²) in [7, 11) is 1.45. The fourth-order valence-electron chi connectivity index (χ4n) is 1.45. The van der Waals surface area contributed by atoms with E-state index in [1.807, 2.05) is 0 Å². The molecule has 0 saturated carbocycles. The largest absolute Gasteiger partial charge is 0.497 e. The van der Waals surface area contributed by atoms with Gasteiger partial charge in [-0.25, -0.2) is 8.78 Å². The third kappa shape index (κ3) is 3.45. The van der Waals surface area contributed by atoms with Crippen LogP contribution in [0.5, 0.6) is 5.75 Å². The summed E-state index contributed by atoms with van der Waals surface area (Å²) in [5, 5.41) is 8.55. The molecule has 0 atom stereocenters. The van der Waals surface area contributed by atoms with E-state index in [1.165, 1.54) is 19.2 Å². The van der Waals surface area contributed by atoms with Crippen LogP contribution in [0.2, 0.25) is 0 Å². The van der Waals surface area contributed by atoms with Crippen LogP contribution in [0.3, 0.4) is 0 Å². The number of hydrogen-bond donors (Lipinski definition) is 1. The highest BCUT2D eigenvalue weighted by Gasteiger charge is 2.30. The van der Waals surface area contributed by atoms with Gasteiger partial charge in [0.05, 0.1) is 7.11 Å². The highest BCUT2D eigenvalue weighted by Crippen LogP contribution is 2.34. The van der Waals surface area contributed by atoms with Gasteiger partial charge in [0, 0.05) is 18.6 Å². The number of alkyl halides is 2. The second-order valence-electron chi connectivity index (χ2n) is 3.62. The molecule has 4 heteroatoms. The van der Waals surface area contributed by atoms with Crippen molar-refractivity contribution in [2.75, 3.05) is 13.7 Å². The second kappa shape index (κ2) is 5.80. The van der Waals surface area contributed by atoms with Crippen molar-refractivity contribution in [1.82, 2.24) is 0 Å². The molecule has 16 heavy (non-hydrogen) atoms. The SMILES string of the molecule is COc1cccc(C(F)(F)CCCCO)c1. The fraction of sp³-hybridized carbons (Fsp3) is 0.500. The molecule has 1 aromatic rings. The van der Waals surface area contributed by atoms with E-state index >= 15 is 0 Å². The molecule has 0 spiro atoms. The van der Waals surface area contributed by atoms with Crippen LogP contribution in [0.25, 0.3) is 0 Å². The van der Waals surface area contributed by atoms with E-state index in [0.717, 1.165) is 0 Å². The highest BCUT2D eigenvalue weighted by atomic mass is 19.3. The summed E-state index contributed by atoms with van der Waals surface area (Å²) >= 11 is 0. The summed E-state index contributed by atoms with van der Waals surface area (Å²) in [4.78, 5) is 0. The summed E-state index contributed by atoms with van der Waals surface area (Å²) in [6, 6.07) is 5.92. The first-order valence-corrected chi connectivity index (χ1v) is 5.23. The Kier molecular flexibility index (Phi) is 4.68. The van der Waals surface area contributed by atoms with E-state index in [2.05, 4.69) is 0 Å². The molecular weight excluding hydrogens is 214 g/mol. The number of methoxy groups -OCH3 is 1. The minimum atomic E-state index is -2.86. The summed E-state index contributed by atoms with van der Waals surface area (Å²) < 4.78 is 32.2. The molecule has 0 heterocycles. The van der Waals surface area contributed by atoms with E-state index in [0.29, 0.717) is 18.6 Å². The van der Waals surface area contributed by atoms with Crippen LogP contribution in [-0.2, 0) is 5.92 Å². The van der Waals surface area contributed by atoms with Crippen molar-refractivity contribution in [3.05, 3.63) is 29.8 Å². The lowest BCUT2D eigenvalue weighted by Crippen LogP contribution is -2.13. The molecule has 2 nitrogen and oxygen atoms in total. The van der Waals surface area contributed by atoms with Gasteiger partial charge in [0.2, 0.25) is 0 Å². The molecule has 1 aromatic carbocycles. The van der Waals surface area contributed by atoms with Crippen LogP contribution < -0.4 is 4.74 Å². The number of halogens is 2. The van der Waals surface area contributed by atoms with Crippen LogP contribution in [0.15, 0.2) is 24.3 Å². The van der Waals surface area contributed by atoms with E-state index < -0.39 is 5.92 Å². The molecule has 0 aliphatic rings. The number of rotatable bonds is 6. The van der Waals surface area contributed by atoms with Crippen molar-refractivity contribution < 1.29 is 18.6 Å². The van der Waals surface area contributed by atoms with Crippen molar-refractivity contribution in [2.24, 2.45) is 0 Å². The van der Waals surface area contributed by atoms with Crippen LogP contribution in [-0.4, -0.2) is 18.8 Å². The van der Waals surface area contributed by atoms with E-state index in [4.69, 9.17) is 9.84 Å². The maximum absolute atomic E-state index is 13.7. The van der Waals surface area contributed by atoms with E-state index in [-0.39, 0.29) is 18.6 Å². The van der Waals surface area contributed by atoms with Crippen molar-refractivity contribution in [1.29, 1.82) is 0 Å². The fourth-order valence-corrected chi connectivity index (χ4v) is 1.45. The van der Waals surface area contributed by atoms with Crippen molar-refractivity contribution >= 4 is 0 Å². The third-order valence-corrected chi connectivity index (χ3v) is 2.39. The molecule has 90 valence electrons. The molecule has 0 aliphatic carbocycles. The Morgan fingerprint density at radius 3 is 2.69 bits per heavy atom. The maximum atomic E-state index is 13.7. The van der Waals surface area contributed by atoms with Crippen molar-refractivity contribution in [2.45, 2.75) is 25.2 Å². The van der Waals surface area contributed by atoms with Crippen molar-refractivity contribution in [3.8, 4) is 5.75 Å². The molecule has 1 N–H and O–H groups in total. The lowest BCUT2D eigenvalue weighted by molar-refractivity contribution is -0.0166. The zero-order valence-electron chi connectivity index (χ0n) is 9.25. The topological polar surface area (TPSA) is 29.5 Å². The molecule has 0 unspecified atom stereocenters. The van der Waals surface area contributed by atoms with Gasteiger partial charge in [0.15, 0.2) is 0 Å². The van der Waals surface area contributed by atoms with Gasteiger partial charge in [0.25, 0.3) is 5.92 Å². The number of hydrogen-bond acceptors (Lipinski definition) is 2. The van der Waals surface area contributed by atoms with Gasteiger partial charge in [-0.1, -0.05) is 12.1 Å². The van der Waals surface area contributed by atoms with Crippen LogP contribution in [0.4, 0.5) is 8.78 Å². The molecule has 0 aliphatic heterocycles. The zero-order valence-corrected chi connectivity index (χ0v) is 9.25. The summed E-state index contributed by atoms with van der Waals surface area (Å²) in [5.41, 5.74) is -0.0372. The first-order chi connectivity index (χ1) is 7.60. The lowest BCUT2D eigenvalue weighted by atomic mass is 10.0. The Morgan fingerprint density at radius 1 is 1.31 bits per heavy atom. The van der Waals surface area contributed by atoms with Crippen LogP contribution >= 0.6 is 0 Å². The van der Waals surface area contributed by atoms with E-state index in [1.54, 1.807) is 12.1 Å². The first-order valence-electron chi connectivity index (χ1n) is 5.23. The minimum Gasteiger partial charge on any atom is -0.497 e. The lowest BCUT2D eigenvalue weighted by Gasteiger charge is -2.17. The smallest absolute Gasteiger partial charge is 0.273 e. The predicted octanol–water partition coefficient (Wildman–Crippen LogP) is 2.95. The normalized spacial score (nSPS) is 11.5. The number of aliphatic hydroxyl groups is 1. The minimum absolute atomic E-state index is 0.0372. The molecular formula is C12H16F2O2. The van der Waals surface area contributed by atoms with Gasteiger partial charge < -0.3 is 9.84 Å². The molecule has 0 amide bonds. The molecule has 0 radical (unpaired) electrons. The number of aliphatic hydroxyl groups excluding tert-OH is 1. The summed E-state index contributed by atoms with van der Waals surface area (Å²) in [5.74, 6) is -2.43. The first kappa shape index (κ1) is 12.9. The number of unbranched alkanes of at least 4 members (excludes halogenated alkanes) is 1. The molecule has 0 bridgehead atoms.